The van der Waals surface area contributed by atoms with Crippen molar-refractivity contribution in [3.8, 4) is 0 Å². The molecule has 0 radical (unpaired) electrons. The molecule has 0 amide bonds. The second-order valence-electron chi connectivity index (χ2n) is 1.94. The fourth-order valence-corrected chi connectivity index (χ4v) is 1.09. The van der Waals surface area contributed by atoms with Gasteiger partial charge in [0.05, 0.1) is 5.56 Å². The molecule has 0 unspecified atom stereocenters. The smallest absolute Gasteiger partial charge is 0.221 e. The van der Waals surface area contributed by atoms with E-state index in [1.165, 1.54) is 0 Å². The van der Waals surface area contributed by atoms with Gasteiger partial charge in [-0.2, -0.15) is 0 Å². The van der Waals surface area contributed by atoms with Gasteiger partial charge >= 0.3 is 0 Å². The molecule has 1 nitrogen and oxygen atoms in total. The van der Waals surface area contributed by atoms with Gasteiger partial charge in [-0.25, -0.2) is 18.2 Å². The van der Waals surface area contributed by atoms with Crippen molar-refractivity contribution in [1.29, 1.82) is 0 Å². The van der Waals surface area contributed by atoms with E-state index in [9.17, 15) is 13.2 Å². The SMILES string of the molecule is Fc1c(C(F)F)cc(Cl)nc1Cl. The van der Waals surface area contributed by atoms with Crippen molar-refractivity contribution in [2.75, 3.05) is 0 Å². The molecule has 0 aromatic carbocycles. The highest BCUT2D eigenvalue weighted by Gasteiger charge is 2.17. The van der Waals surface area contributed by atoms with Crippen LogP contribution >= 0.6 is 23.2 Å². The van der Waals surface area contributed by atoms with E-state index in [0.717, 1.165) is 6.07 Å². The van der Waals surface area contributed by atoms with E-state index in [1.54, 1.807) is 0 Å². The summed E-state index contributed by atoms with van der Waals surface area (Å²) in [4.78, 5) is 3.24. The Hall–Kier alpha value is -0.480. The molecule has 0 bridgehead atoms. The van der Waals surface area contributed by atoms with Crippen LogP contribution in [0.4, 0.5) is 13.2 Å². The Morgan fingerprint density at radius 3 is 2.42 bits per heavy atom. The lowest BCUT2D eigenvalue weighted by molar-refractivity contribution is 0.146. The molecule has 0 saturated heterocycles. The molecule has 12 heavy (non-hydrogen) atoms. The molecular formula is C6H2Cl2F3N. The Balaban J connectivity index is 3.28. The summed E-state index contributed by atoms with van der Waals surface area (Å²) in [5, 5.41) is -0.894. The summed E-state index contributed by atoms with van der Waals surface area (Å²) >= 11 is 10.4. The summed E-state index contributed by atoms with van der Waals surface area (Å²) < 4.78 is 36.7. The Morgan fingerprint density at radius 2 is 1.92 bits per heavy atom. The zero-order valence-corrected chi connectivity index (χ0v) is 7.00. The summed E-state index contributed by atoms with van der Waals surface area (Å²) in [5.41, 5.74) is -0.833. The van der Waals surface area contributed by atoms with E-state index in [1.807, 2.05) is 0 Å². The number of nitrogens with zero attached hydrogens (tertiary/aromatic N) is 1. The van der Waals surface area contributed by atoms with Crippen LogP contribution in [0, 0.1) is 5.82 Å². The zero-order valence-electron chi connectivity index (χ0n) is 5.49. The van der Waals surface area contributed by atoms with Gasteiger partial charge in [-0.1, -0.05) is 23.2 Å². The third kappa shape index (κ3) is 1.81. The van der Waals surface area contributed by atoms with Gasteiger partial charge in [-0.3, -0.25) is 0 Å². The first-order chi connectivity index (χ1) is 5.52. The summed E-state index contributed by atoms with van der Waals surface area (Å²) in [6.45, 7) is 0. The molecule has 0 N–H and O–H groups in total. The van der Waals surface area contributed by atoms with Crippen molar-refractivity contribution in [3.05, 3.63) is 27.8 Å². The summed E-state index contributed by atoms with van der Waals surface area (Å²) in [6, 6.07) is 0.743. The standard InChI is InChI=1S/C6H2Cl2F3N/c7-3-1-2(6(10)11)4(9)5(8)12-3/h1,6H. The maximum absolute atomic E-state index is 12.7. The van der Waals surface area contributed by atoms with Gasteiger partial charge in [0.25, 0.3) is 6.43 Å². The first-order valence-corrected chi connectivity index (χ1v) is 3.57. The monoisotopic (exact) mass is 215 g/mol. The number of rotatable bonds is 1. The largest absolute Gasteiger partial charge is 0.266 e. The molecule has 1 aromatic heterocycles. The van der Waals surface area contributed by atoms with Crippen LogP contribution in [-0.4, -0.2) is 4.98 Å². The summed E-state index contributed by atoms with van der Waals surface area (Å²) in [7, 11) is 0. The molecule has 0 atom stereocenters. The molecule has 0 saturated carbocycles. The topological polar surface area (TPSA) is 12.9 Å². The molecule has 6 heteroatoms. The highest BCUT2D eigenvalue weighted by Crippen LogP contribution is 2.27. The van der Waals surface area contributed by atoms with Gasteiger partial charge in [0.2, 0.25) is 0 Å². The average molecular weight is 216 g/mol. The predicted octanol–water partition coefficient (Wildman–Crippen LogP) is 3.47. The second-order valence-corrected chi connectivity index (χ2v) is 2.68. The molecule has 0 aliphatic heterocycles. The highest BCUT2D eigenvalue weighted by atomic mass is 35.5. The maximum atomic E-state index is 12.7. The van der Waals surface area contributed by atoms with Gasteiger partial charge in [-0.05, 0) is 6.07 Å². The molecular weight excluding hydrogens is 214 g/mol. The van der Waals surface area contributed by atoms with Crippen molar-refractivity contribution < 1.29 is 13.2 Å². The van der Waals surface area contributed by atoms with Crippen LogP contribution in [0.2, 0.25) is 10.3 Å². The van der Waals surface area contributed by atoms with Crippen molar-refractivity contribution in [2.24, 2.45) is 0 Å². The maximum Gasteiger partial charge on any atom is 0.266 e. The first kappa shape index (κ1) is 9.61. The molecule has 0 aliphatic rings. The van der Waals surface area contributed by atoms with Crippen LogP contribution in [0.1, 0.15) is 12.0 Å². The van der Waals surface area contributed by atoms with Crippen LogP contribution in [0.25, 0.3) is 0 Å². The van der Waals surface area contributed by atoms with Gasteiger partial charge < -0.3 is 0 Å². The lowest BCUT2D eigenvalue weighted by Crippen LogP contribution is -1.94. The van der Waals surface area contributed by atoms with Crippen LogP contribution < -0.4 is 0 Å². The van der Waals surface area contributed by atoms with Gasteiger partial charge in [-0.15, -0.1) is 0 Å². The first-order valence-electron chi connectivity index (χ1n) is 2.82. The van der Waals surface area contributed by atoms with Crippen molar-refractivity contribution in [1.82, 2.24) is 4.98 Å². The Bertz CT molecular complexity index is 303. The van der Waals surface area contributed by atoms with E-state index in [0.29, 0.717) is 0 Å². The predicted molar refractivity (Wildman–Crippen MR) is 39.2 cm³/mol. The Morgan fingerprint density at radius 1 is 1.33 bits per heavy atom. The van der Waals surface area contributed by atoms with E-state index < -0.39 is 23.0 Å². The lowest BCUT2D eigenvalue weighted by atomic mass is 10.3. The van der Waals surface area contributed by atoms with Crippen molar-refractivity contribution in [2.45, 2.75) is 6.43 Å². The van der Waals surface area contributed by atoms with Crippen molar-refractivity contribution in [3.63, 3.8) is 0 Å². The minimum absolute atomic E-state index is 0.253. The van der Waals surface area contributed by atoms with E-state index in [2.05, 4.69) is 4.98 Å². The van der Waals surface area contributed by atoms with E-state index >= 15 is 0 Å². The zero-order chi connectivity index (χ0) is 9.30. The normalized spacial score (nSPS) is 10.8. The van der Waals surface area contributed by atoms with Gasteiger partial charge in [0, 0.05) is 0 Å². The van der Waals surface area contributed by atoms with Crippen LogP contribution in [-0.2, 0) is 0 Å². The number of aromatic nitrogens is 1. The Kier molecular flexibility index (Phi) is 2.80. The minimum Gasteiger partial charge on any atom is -0.221 e. The number of halogens is 5. The third-order valence-electron chi connectivity index (χ3n) is 1.15. The molecule has 1 heterocycles. The van der Waals surface area contributed by atoms with E-state index in [-0.39, 0.29) is 5.15 Å². The third-order valence-corrected chi connectivity index (χ3v) is 1.59. The quantitative estimate of drug-likeness (QED) is 0.655. The molecule has 0 fully saturated rings. The van der Waals surface area contributed by atoms with Crippen molar-refractivity contribution >= 4 is 23.2 Å². The summed E-state index contributed by atoms with van der Waals surface area (Å²) in [6.07, 6.45) is -2.94. The van der Waals surface area contributed by atoms with Crippen LogP contribution in [0.5, 0.6) is 0 Å². The fourth-order valence-electron chi connectivity index (χ4n) is 0.645. The molecule has 1 rings (SSSR count). The van der Waals surface area contributed by atoms with Crippen LogP contribution in [0.3, 0.4) is 0 Å². The minimum atomic E-state index is -2.94. The van der Waals surface area contributed by atoms with E-state index in [4.69, 9.17) is 23.2 Å². The van der Waals surface area contributed by atoms with Crippen LogP contribution in [0.15, 0.2) is 6.07 Å². The molecule has 0 aliphatic carbocycles. The highest BCUT2D eigenvalue weighted by molar-refractivity contribution is 6.32. The number of hydrogen-bond acceptors (Lipinski definition) is 1. The lowest BCUT2D eigenvalue weighted by Gasteiger charge is -2.02. The molecule has 66 valence electrons. The molecule has 0 spiro atoms. The average Bonchev–Trinajstić information content (AvgIpc) is 1.96. The number of hydrogen-bond donors (Lipinski definition) is 0. The summed E-state index contributed by atoms with van der Waals surface area (Å²) in [5.74, 6) is -1.23. The van der Waals surface area contributed by atoms with Gasteiger partial charge in [0.15, 0.2) is 11.0 Å². The second kappa shape index (κ2) is 3.49. The molecule has 1 aromatic rings. The van der Waals surface area contributed by atoms with Gasteiger partial charge in [0.1, 0.15) is 5.15 Å². The number of alkyl halides is 2. The Labute approximate surface area is 76.1 Å². The number of pyridine rings is 1. The fraction of sp³-hybridized carbons (Fsp3) is 0.167.